The number of benzene rings is 1. The summed E-state index contributed by atoms with van der Waals surface area (Å²) in [7, 11) is 0. The molecule has 22 heavy (non-hydrogen) atoms. The highest BCUT2D eigenvalue weighted by Gasteiger charge is 2.22. The van der Waals surface area contributed by atoms with E-state index in [-0.39, 0.29) is 11.5 Å². The van der Waals surface area contributed by atoms with E-state index in [4.69, 9.17) is 0 Å². The lowest BCUT2D eigenvalue weighted by Gasteiger charge is -2.25. The van der Waals surface area contributed by atoms with Gasteiger partial charge in [0.2, 0.25) is 5.91 Å². The van der Waals surface area contributed by atoms with Crippen molar-refractivity contribution in [2.45, 2.75) is 33.4 Å². The Kier molecular flexibility index (Phi) is 5.09. The normalized spacial score (nSPS) is 12.0. The molecule has 0 N–H and O–H groups in total. The Morgan fingerprint density at radius 3 is 2.55 bits per heavy atom. The fourth-order valence-electron chi connectivity index (χ4n) is 2.32. The zero-order chi connectivity index (χ0) is 16.1. The van der Waals surface area contributed by atoms with Crippen molar-refractivity contribution >= 4 is 5.91 Å². The molecular weight excluding hydrogens is 278 g/mol. The third-order valence-corrected chi connectivity index (χ3v) is 3.59. The number of carbonyl (C=O) groups is 1. The van der Waals surface area contributed by atoms with E-state index in [0.717, 1.165) is 5.56 Å². The maximum absolute atomic E-state index is 12.7. The molecule has 0 bridgehead atoms. The first-order valence-corrected chi connectivity index (χ1v) is 7.42. The fourth-order valence-corrected chi connectivity index (χ4v) is 2.32. The Hall–Kier alpha value is -2.43. The van der Waals surface area contributed by atoms with Crippen LogP contribution in [0.1, 0.15) is 31.1 Å². The first kappa shape index (κ1) is 15.9. The number of hydrogen-bond donors (Lipinski definition) is 0. The van der Waals surface area contributed by atoms with E-state index < -0.39 is 6.04 Å². The van der Waals surface area contributed by atoms with Gasteiger partial charge in [-0.15, -0.1) is 0 Å². The Balaban J connectivity index is 2.20. The van der Waals surface area contributed by atoms with E-state index >= 15 is 0 Å². The summed E-state index contributed by atoms with van der Waals surface area (Å²) in [5.74, 6) is -0.105. The molecule has 1 aromatic heterocycles. The van der Waals surface area contributed by atoms with Crippen LogP contribution >= 0.6 is 0 Å². The molecule has 5 nitrogen and oxygen atoms in total. The molecular formula is C17H21N3O2. The average molecular weight is 299 g/mol. The number of amides is 1. The minimum atomic E-state index is -0.615. The number of likely N-dealkylation sites (N-methyl/N-ethyl adjacent to an activating group) is 1. The van der Waals surface area contributed by atoms with Crippen LogP contribution in [0, 0.1) is 6.92 Å². The Morgan fingerprint density at radius 1 is 1.23 bits per heavy atom. The van der Waals surface area contributed by atoms with Crippen LogP contribution in [0.2, 0.25) is 0 Å². The standard InChI is InChI=1S/C17H21N3O2/c1-4-19(12-15-8-6-5-7-9-15)17(22)14(3)20-16(21)11-10-13(2)18-20/h5-11,14H,4,12H2,1-3H3/t14-/m0/s1. The van der Waals surface area contributed by atoms with Gasteiger partial charge in [0.15, 0.2) is 0 Å². The molecule has 2 rings (SSSR count). The molecule has 1 heterocycles. The van der Waals surface area contributed by atoms with Crippen LogP contribution in [0.15, 0.2) is 47.3 Å². The largest absolute Gasteiger partial charge is 0.337 e. The van der Waals surface area contributed by atoms with Gasteiger partial charge in [-0.2, -0.15) is 5.10 Å². The summed E-state index contributed by atoms with van der Waals surface area (Å²) in [6.45, 7) is 6.55. The number of nitrogens with zero attached hydrogens (tertiary/aromatic N) is 3. The van der Waals surface area contributed by atoms with Crippen molar-refractivity contribution in [2.24, 2.45) is 0 Å². The number of rotatable bonds is 5. The fraction of sp³-hybridized carbons (Fsp3) is 0.353. The van der Waals surface area contributed by atoms with E-state index in [9.17, 15) is 9.59 Å². The van der Waals surface area contributed by atoms with Gasteiger partial charge >= 0.3 is 0 Å². The molecule has 0 radical (unpaired) electrons. The van der Waals surface area contributed by atoms with Crippen molar-refractivity contribution in [3.05, 3.63) is 64.1 Å². The molecule has 1 amide bonds. The van der Waals surface area contributed by atoms with Crippen LogP contribution in [0.5, 0.6) is 0 Å². The van der Waals surface area contributed by atoms with Gasteiger partial charge in [0.05, 0.1) is 5.69 Å². The molecule has 116 valence electrons. The molecule has 0 fully saturated rings. The first-order valence-electron chi connectivity index (χ1n) is 7.42. The Morgan fingerprint density at radius 2 is 1.91 bits per heavy atom. The van der Waals surface area contributed by atoms with Crippen molar-refractivity contribution in [3.8, 4) is 0 Å². The van der Waals surface area contributed by atoms with Gasteiger partial charge in [-0.05, 0) is 32.4 Å². The summed E-state index contributed by atoms with van der Waals surface area (Å²) in [5.41, 5.74) is 1.52. The molecule has 1 aromatic carbocycles. The van der Waals surface area contributed by atoms with Gasteiger partial charge in [0, 0.05) is 19.2 Å². The average Bonchev–Trinajstić information content (AvgIpc) is 2.54. The van der Waals surface area contributed by atoms with E-state index in [1.54, 1.807) is 24.8 Å². The molecule has 5 heteroatoms. The first-order chi connectivity index (χ1) is 10.5. The smallest absolute Gasteiger partial charge is 0.267 e. The molecule has 0 saturated heterocycles. The van der Waals surface area contributed by atoms with E-state index in [1.165, 1.54) is 10.7 Å². The van der Waals surface area contributed by atoms with Gasteiger partial charge in [-0.25, -0.2) is 4.68 Å². The molecule has 0 aliphatic heterocycles. The Bertz CT molecular complexity index is 695. The van der Waals surface area contributed by atoms with Gasteiger partial charge in [0.25, 0.3) is 5.56 Å². The molecule has 2 aromatic rings. The number of aryl methyl sites for hydroxylation is 1. The quantitative estimate of drug-likeness (QED) is 0.850. The van der Waals surface area contributed by atoms with Crippen molar-refractivity contribution in [1.29, 1.82) is 0 Å². The third-order valence-electron chi connectivity index (χ3n) is 3.59. The SMILES string of the molecule is CCN(Cc1ccccc1)C(=O)[C@H](C)n1nc(C)ccc1=O. The van der Waals surface area contributed by atoms with Crippen LogP contribution in [0.3, 0.4) is 0 Å². The maximum atomic E-state index is 12.7. The van der Waals surface area contributed by atoms with Crippen molar-refractivity contribution in [2.75, 3.05) is 6.54 Å². The van der Waals surface area contributed by atoms with Crippen LogP contribution < -0.4 is 5.56 Å². The number of hydrogen-bond acceptors (Lipinski definition) is 3. The second kappa shape index (κ2) is 7.02. The third kappa shape index (κ3) is 3.61. The molecule has 0 aliphatic carbocycles. The molecule has 0 unspecified atom stereocenters. The van der Waals surface area contributed by atoms with E-state index in [2.05, 4.69) is 5.10 Å². The highest BCUT2D eigenvalue weighted by atomic mass is 16.2. The lowest BCUT2D eigenvalue weighted by molar-refractivity contribution is -0.135. The molecule has 0 spiro atoms. The van der Waals surface area contributed by atoms with Crippen LogP contribution in [-0.4, -0.2) is 27.1 Å². The van der Waals surface area contributed by atoms with E-state index in [0.29, 0.717) is 18.8 Å². The predicted octanol–water partition coefficient (Wildman–Crippen LogP) is 2.16. The Labute approximate surface area is 130 Å². The van der Waals surface area contributed by atoms with Crippen LogP contribution in [0.25, 0.3) is 0 Å². The summed E-state index contributed by atoms with van der Waals surface area (Å²) in [6, 6.07) is 12.3. The zero-order valence-corrected chi connectivity index (χ0v) is 13.2. The lowest BCUT2D eigenvalue weighted by Crippen LogP contribution is -2.39. The highest BCUT2D eigenvalue weighted by Crippen LogP contribution is 2.11. The summed E-state index contributed by atoms with van der Waals surface area (Å²) in [4.78, 5) is 26.3. The summed E-state index contributed by atoms with van der Waals surface area (Å²) in [6.07, 6.45) is 0. The van der Waals surface area contributed by atoms with Crippen molar-refractivity contribution in [3.63, 3.8) is 0 Å². The van der Waals surface area contributed by atoms with Crippen molar-refractivity contribution in [1.82, 2.24) is 14.7 Å². The second-order valence-electron chi connectivity index (χ2n) is 5.27. The number of aromatic nitrogens is 2. The lowest BCUT2D eigenvalue weighted by atomic mass is 10.2. The molecule has 0 saturated carbocycles. The minimum Gasteiger partial charge on any atom is -0.337 e. The predicted molar refractivity (Wildman–Crippen MR) is 85.5 cm³/mol. The minimum absolute atomic E-state index is 0.105. The summed E-state index contributed by atoms with van der Waals surface area (Å²) in [5, 5.41) is 4.17. The molecule has 1 atom stereocenters. The van der Waals surface area contributed by atoms with Gasteiger partial charge in [-0.3, -0.25) is 9.59 Å². The van der Waals surface area contributed by atoms with Gasteiger partial charge in [0.1, 0.15) is 6.04 Å². The van der Waals surface area contributed by atoms with Crippen molar-refractivity contribution < 1.29 is 4.79 Å². The monoisotopic (exact) mass is 299 g/mol. The number of carbonyl (C=O) groups excluding carboxylic acids is 1. The van der Waals surface area contributed by atoms with Crippen LogP contribution in [0.4, 0.5) is 0 Å². The van der Waals surface area contributed by atoms with Gasteiger partial charge < -0.3 is 4.90 Å². The highest BCUT2D eigenvalue weighted by molar-refractivity contribution is 5.79. The topological polar surface area (TPSA) is 55.2 Å². The van der Waals surface area contributed by atoms with Gasteiger partial charge in [-0.1, -0.05) is 30.3 Å². The molecule has 0 aliphatic rings. The summed E-state index contributed by atoms with van der Waals surface area (Å²) < 4.78 is 1.26. The van der Waals surface area contributed by atoms with Crippen LogP contribution in [-0.2, 0) is 11.3 Å². The zero-order valence-electron chi connectivity index (χ0n) is 13.2. The summed E-state index contributed by atoms with van der Waals surface area (Å²) >= 11 is 0. The maximum Gasteiger partial charge on any atom is 0.267 e. The van der Waals surface area contributed by atoms with E-state index in [1.807, 2.05) is 37.3 Å². The second-order valence-corrected chi connectivity index (χ2v) is 5.27.